The van der Waals surface area contributed by atoms with Crippen LogP contribution in [-0.4, -0.2) is 18.5 Å². The van der Waals surface area contributed by atoms with Gasteiger partial charge in [0.2, 0.25) is 0 Å². The van der Waals surface area contributed by atoms with Crippen LogP contribution in [0.2, 0.25) is 0 Å². The van der Waals surface area contributed by atoms with E-state index in [1.165, 1.54) is 6.42 Å². The molecule has 0 aromatic heterocycles. The van der Waals surface area contributed by atoms with Gasteiger partial charge in [-0.25, -0.2) is 0 Å². The van der Waals surface area contributed by atoms with Crippen molar-refractivity contribution in [3.63, 3.8) is 0 Å². The Hall–Kier alpha value is -1.35. The molecule has 1 aromatic carbocycles. The number of benzene rings is 1. The van der Waals surface area contributed by atoms with Crippen LogP contribution >= 0.6 is 0 Å². The lowest BCUT2D eigenvalue weighted by atomic mass is 10.0. The summed E-state index contributed by atoms with van der Waals surface area (Å²) in [5, 5.41) is 3.10. The van der Waals surface area contributed by atoms with E-state index >= 15 is 0 Å². The topological polar surface area (TPSA) is 55.1 Å². The maximum absolute atomic E-state index is 12.1. The monoisotopic (exact) mass is 232 g/mol. The SMILES string of the molecule is Cc1cccc(C(=O)NC2CCCC2CN)c1. The number of rotatable bonds is 3. The smallest absolute Gasteiger partial charge is 0.251 e. The summed E-state index contributed by atoms with van der Waals surface area (Å²) in [6, 6.07) is 7.94. The lowest BCUT2D eigenvalue weighted by molar-refractivity contribution is 0.0928. The number of hydrogen-bond donors (Lipinski definition) is 2. The summed E-state index contributed by atoms with van der Waals surface area (Å²) in [6.07, 6.45) is 3.36. The molecule has 2 atom stereocenters. The Kier molecular flexibility index (Phi) is 3.79. The van der Waals surface area contributed by atoms with Gasteiger partial charge in [0, 0.05) is 11.6 Å². The van der Waals surface area contributed by atoms with Gasteiger partial charge in [0.25, 0.3) is 5.91 Å². The van der Waals surface area contributed by atoms with Gasteiger partial charge in [-0.05, 0) is 44.4 Å². The highest BCUT2D eigenvalue weighted by Crippen LogP contribution is 2.24. The van der Waals surface area contributed by atoms with Gasteiger partial charge in [-0.3, -0.25) is 4.79 Å². The third-order valence-corrected chi connectivity index (χ3v) is 3.56. The van der Waals surface area contributed by atoms with Crippen molar-refractivity contribution in [2.24, 2.45) is 11.7 Å². The summed E-state index contributed by atoms with van der Waals surface area (Å²) in [7, 11) is 0. The Morgan fingerprint density at radius 1 is 1.47 bits per heavy atom. The minimum atomic E-state index is 0.0269. The highest BCUT2D eigenvalue weighted by atomic mass is 16.1. The Morgan fingerprint density at radius 3 is 3.00 bits per heavy atom. The van der Waals surface area contributed by atoms with E-state index in [4.69, 9.17) is 5.73 Å². The highest BCUT2D eigenvalue weighted by molar-refractivity contribution is 5.94. The molecule has 0 bridgehead atoms. The Morgan fingerprint density at radius 2 is 2.29 bits per heavy atom. The molecular weight excluding hydrogens is 212 g/mol. The van der Waals surface area contributed by atoms with Gasteiger partial charge in [-0.1, -0.05) is 24.1 Å². The highest BCUT2D eigenvalue weighted by Gasteiger charge is 2.27. The molecular formula is C14H20N2O. The van der Waals surface area contributed by atoms with Gasteiger partial charge >= 0.3 is 0 Å². The number of carbonyl (C=O) groups is 1. The summed E-state index contributed by atoms with van der Waals surface area (Å²) >= 11 is 0. The van der Waals surface area contributed by atoms with Crippen LogP contribution in [0.1, 0.15) is 35.2 Å². The number of hydrogen-bond acceptors (Lipinski definition) is 2. The van der Waals surface area contributed by atoms with E-state index in [1.54, 1.807) is 0 Å². The molecule has 17 heavy (non-hydrogen) atoms. The quantitative estimate of drug-likeness (QED) is 0.835. The maximum atomic E-state index is 12.1. The Labute approximate surface area is 102 Å². The average Bonchev–Trinajstić information content (AvgIpc) is 2.76. The van der Waals surface area contributed by atoms with E-state index in [2.05, 4.69) is 5.32 Å². The molecule has 3 heteroatoms. The Balaban J connectivity index is 2.01. The number of nitrogens with two attached hydrogens (primary N) is 1. The van der Waals surface area contributed by atoms with Crippen LogP contribution in [0.25, 0.3) is 0 Å². The lowest BCUT2D eigenvalue weighted by Crippen LogP contribution is -2.39. The zero-order chi connectivity index (χ0) is 12.3. The van der Waals surface area contributed by atoms with Crippen molar-refractivity contribution in [1.29, 1.82) is 0 Å². The van der Waals surface area contributed by atoms with Gasteiger partial charge in [0.15, 0.2) is 0 Å². The summed E-state index contributed by atoms with van der Waals surface area (Å²) in [5.41, 5.74) is 7.57. The molecule has 0 heterocycles. The van der Waals surface area contributed by atoms with E-state index < -0.39 is 0 Å². The van der Waals surface area contributed by atoms with Crippen LogP contribution in [0.3, 0.4) is 0 Å². The summed E-state index contributed by atoms with van der Waals surface area (Å²) in [4.78, 5) is 12.1. The van der Waals surface area contributed by atoms with Crippen molar-refractivity contribution in [3.05, 3.63) is 35.4 Å². The fourth-order valence-corrected chi connectivity index (χ4v) is 2.55. The molecule has 0 saturated heterocycles. The number of amides is 1. The van der Waals surface area contributed by atoms with E-state index in [1.807, 2.05) is 31.2 Å². The molecule has 3 N–H and O–H groups in total. The predicted molar refractivity (Wildman–Crippen MR) is 68.8 cm³/mol. The molecule has 2 unspecified atom stereocenters. The first-order valence-electron chi connectivity index (χ1n) is 6.28. The lowest BCUT2D eigenvalue weighted by Gasteiger charge is -2.19. The van der Waals surface area contributed by atoms with E-state index in [0.717, 1.165) is 24.0 Å². The maximum Gasteiger partial charge on any atom is 0.251 e. The molecule has 1 aromatic rings. The second-order valence-corrected chi connectivity index (χ2v) is 4.88. The zero-order valence-corrected chi connectivity index (χ0v) is 10.3. The number of nitrogens with one attached hydrogen (secondary N) is 1. The van der Waals surface area contributed by atoms with Crippen molar-refractivity contribution in [1.82, 2.24) is 5.32 Å². The molecule has 1 aliphatic rings. The molecule has 1 fully saturated rings. The predicted octanol–water partition coefficient (Wildman–Crippen LogP) is 1.85. The molecule has 0 spiro atoms. The molecule has 92 valence electrons. The average molecular weight is 232 g/mol. The fourth-order valence-electron chi connectivity index (χ4n) is 2.55. The van der Waals surface area contributed by atoms with Gasteiger partial charge in [0.05, 0.1) is 0 Å². The second kappa shape index (κ2) is 5.32. The van der Waals surface area contributed by atoms with Gasteiger partial charge in [-0.15, -0.1) is 0 Å². The molecule has 3 nitrogen and oxygen atoms in total. The van der Waals surface area contributed by atoms with Crippen molar-refractivity contribution in [2.75, 3.05) is 6.54 Å². The van der Waals surface area contributed by atoms with Gasteiger partial charge in [-0.2, -0.15) is 0 Å². The molecule has 2 rings (SSSR count). The van der Waals surface area contributed by atoms with Crippen LogP contribution in [0.15, 0.2) is 24.3 Å². The normalized spacial score (nSPS) is 23.6. The van der Waals surface area contributed by atoms with Gasteiger partial charge < -0.3 is 11.1 Å². The van der Waals surface area contributed by atoms with Crippen molar-refractivity contribution >= 4 is 5.91 Å². The van der Waals surface area contributed by atoms with E-state index in [9.17, 15) is 4.79 Å². The summed E-state index contributed by atoms with van der Waals surface area (Å²) < 4.78 is 0. The van der Waals surface area contributed by atoms with Gasteiger partial charge in [0.1, 0.15) is 0 Å². The van der Waals surface area contributed by atoms with Crippen molar-refractivity contribution in [2.45, 2.75) is 32.2 Å². The van der Waals surface area contributed by atoms with Crippen LogP contribution in [0, 0.1) is 12.8 Å². The first kappa shape index (κ1) is 12.1. The first-order chi connectivity index (χ1) is 8.20. The van der Waals surface area contributed by atoms with Crippen LogP contribution < -0.4 is 11.1 Å². The zero-order valence-electron chi connectivity index (χ0n) is 10.3. The van der Waals surface area contributed by atoms with E-state index in [-0.39, 0.29) is 11.9 Å². The number of aryl methyl sites for hydroxylation is 1. The minimum absolute atomic E-state index is 0.0269. The van der Waals surface area contributed by atoms with Crippen molar-refractivity contribution in [3.8, 4) is 0 Å². The third-order valence-electron chi connectivity index (χ3n) is 3.56. The van der Waals surface area contributed by atoms with Crippen LogP contribution in [0.5, 0.6) is 0 Å². The van der Waals surface area contributed by atoms with Crippen molar-refractivity contribution < 1.29 is 4.79 Å². The molecule has 0 radical (unpaired) electrons. The molecule has 0 aliphatic heterocycles. The fraction of sp³-hybridized carbons (Fsp3) is 0.500. The number of carbonyl (C=O) groups excluding carboxylic acids is 1. The largest absolute Gasteiger partial charge is 0.349 e. The summed E-state index contributed by atoms with van der Waals surface area (Å²) in [6.45, 7) is 2.66. The van der Waals surface area contributed by atoms with E-state index in [0.29, 0.717) is 12.5 Å². The summed E-state index contributed by atoms with van der Waals surface area (Å²) in [5.74, 6) is 0.475. The Bertz CT molecular complexity index is 403. The van der Waals surface area contributed by atoms with Crippen LogP contribution in [-0.2, 0) is 0 Å². The first-order valence-corrected chi connectivity index (χ1v) is 6.28. The standard InChI is InChI=1S/C14H20N2O/c1-10-4-2-5-11(8-10)14(17)16-13-7-3-6-12(13)9-15/h2,4-5,8,12-13H,3,6-7,9,15H2,1H3,(H,16,17). The second-order valence-electron chi connectivity index (χ2n) is 4.88. The molecule has 1 amide bonds. The minimum Gasteiger partial charge on any atom is -0.349 e. The van der Waals surface area contributed by atoms with Crippen LogP contribution in [0.4, 0.5) is 0 Å². The third kappa shape index (κ3) is 2.86. The molecule has 1 saturated carbocycles. The molecule has 1 aliphatic carbocycles.